The Labute approximate surface area is 111 Å². The van der Waals surface area contributed by atoms with Crippen LogP contribution in [-0.4, -0.2) is 54.4 Å². The fourth-order valence-electron chi connectivity index (χ4n) is 0.981. The third kappa shape index (κ3) is 7.31. The van der Waals surface area contributed by atoms with Crippen molar-refractivity contribution in [3.63, 3.8) is 0 Å². The molecule has 18 heavy (non-hydrogen) atoms. The number of carbonyl (C=O) groups excluding carboxylic acids is 2. The zero-order valence-corrected chi connectivity index (χ0v) is 11.1. The Morgan fingerprint density at radius 2 is 2.22 bits per heavy atom. The highest BCUT2D eigenvalue weighted by Gasteiger charge is 2.18. The molecular formula is C11H19NO5S. The van der Waals surface area contributed by atoms with Gasteiger partial charge in [0.05, 0.1) is 6.61 Å². The highest BCUT2D eigenvalue weighted by Crippen LogP contribution is 2.02. The van der Waals surface area contributed by atoms with Crippen molar-refractivity contribution in [2.24, 2.45) is 5.73 Å². The second-order valence-corrected chi connectivity index (χ2v) is 4.45. The summed E-state index contributed by atoms with van der Waals surface area (Å²) in [4.78, 5) is 22.3. The van der Waals surface area contributed by atoms with Gasteiger partial charge in [0.2, 0.25) is 0 Å². The minimum atomic E-state index is -0.896. The number of ether oxygens (including phenoxy) is 2. The maximum atomic E-state index is 11.4. The Hall–Kier alpha value is -1.05. The number of aliphatic hydroxyl groups excluding tert-OH is 1. The number of hydrogen-bond donors (Lipinski definition) is 2. The van der Waals surface area contributed by atoms with E-state index in [-0.39, 0.29) is 6.61 Å². The summed E-state index contributed by atoms with van der Waals surface area (Å²) >= 11 is 1.58. The van der Waals surface area contributed by atoms with Gasteiger partial charge in [-0.1, -0.05) is 6.58 Å². The number of hydrogen-bond acceptors (Lipinski definition) is 7. The SMILES string of the molecule is C=CC(=O)OC(CO)COC(=O)[C@@H](N)CCSC. The molecule has 0 aromatic heterocycles. The van der Waals surface area contributed by atoms with Gasteiger partial charge in [-0.05, 0) is 18.4 Å². The van der Waals surface area contributed by atoms with Crippen molar-refractivity contribution < 1.29 is 24.2 Å². The summed E-state index contributed by atoms with van der Waals surface area (Å²) < 4.78 is 9.59. The Morgan fingerprint density at radius 3 is 2.72 bits per heavy atom. The van der Waals surface area contributed by atoms with Crippen LogP contribution in [0.5, 0.6) is 0 Å². The molecule has 0 heterocycles. The molecule has 6 nitrogen and oxygen atoms in total. The first-order chi connectivity index (χ1) is 8.54. The minimum absolute atomic E-state index is 0.220. The van der Waals surface area contributed by atoms with Crippen LogP contribution in [0.2, 0.25) is 0 Å². The molecule has 2 atom stereocenters. The molecule has 0 rings (SSSR count). The third-order valence-corrected chi connectivity index (χ3v) is 2.64. The van der Waals surface area contributed by atoms with E-state index in [1.807, 2.05) is 6.26 Å². The van der Waals surface area contributed by atoms with Gasteiger partial charge in [-0.15, -0.1) is 0 Å². The maximum Gasteiger partial charge on any atom is 0.330 e. The monoisotopic (exact) mass is 277 g/mol. The standard InChI is InChI=1S/C11H19NO5S/c1-3-10(14)17-8(6-13)7-16-11(15)9(12)4-5-18-2/h3,8-9,13H,1,4-7,12H2,2H3/t8?,9-/m0/s1. The lowest BCUT2D eigenvalue weighted by atomic mass is 10.2. The fraction of sp³-hybridized carbons (Fsp3) is 0.636. The van der Waals surface area contributed by atoms with E-state index < -0.39 is 30.7 Å². The van der Waals surface area contributed by atoms with Gasteiger partial charge < -0.3 is 20.3 Å². The van der Waals surface area contributed by atoms with E-state index in [4.69, 9.17) is 20.3 Å². The molecule has 3 N–H and O–H groups in total. The van der Waals surface area contributed by atoms with E-state index in [9.17, 15) is 9.59 Å². The van der Waals surface area contributed by atoms with E-state index in [2.05, 4.69) is 6.58 Å². The van der Waals surface area contributed by atoms with Gasteiger partial charge in [-0.2, -0.15) is 11.8 Å². The van der Waals surface area contributed by atoms with Crippen molar-refractivity contribution in [1.82, 2.24) is 0 Å². The lowest BCUT2D eigenvalue weighted by molar-refractivity contribution is -0.158. The van der Waals surface area contributed by atoms with Crippen molar-refractivity contribution in [2.75, 3.05) is 25.2 Å². The van der Waals surface area contributed by atoms with E-state index in [1.54, 1.807) is 11.8 Å². The first-order valence-electron chi connectivity index (χ1n) is 5.40. The predicted octanol–water partition coefficient (Wildman–Crippen LogP) is -0.300. The zero-order valence-electron chi connectivity index (χ0n) is 10.3. The molecule has 0 fully saturated rings. The first kappa shape index (κ1) is 16.9. The maximum absolute atomic E-state index is 11.4. The summed E-state index contributed by atoms with van der Waals surface area (Å²) in [5.74, 6) is -0.501. The van der Waals surface area contributed by atoms with Crippen LogP contribution in [0, 0.1) is 0 Å². The van der Waals surface area contributed by atoms with Crippen molar-refractivity contribution in [3.8, 4) is 0 Å². The molecule has 0 aromatic rings. The molecule has 7 heteroatoms. The lowest BCUT2D eigenvalue weighted by Crippen LogP contribution is -2.36. The quantitative estimate of drug-likeness (QED) is 0.441. The van der Waals surface area contributed by atoms with Crippen LogP contribution < -0.4 is 5.73 Å². The molecule has 0 aliphatic carbocycles. The molecule has 1 unspecified atom stereocenters. The number of esters is 2. The van der Waals surface area contributed by atoms with E-state index >= 15 is 0 Å². The Balaban J connectivity index is 4.00. The number of rotatable bonds is 9. The Kier molecular flexibility index (Phi) is 9.35. The second kappa shape index (κ2) is 9.93. The lowest BCUT2D eigenvalue weighted by Gasteiger charge is -2.16. The highest BCUT2D eigenvalue weighted by molar-refractivity contribution is 7.98. The van der Waals surface area contributed by atoms with Gasteiger partial charge in [0.25, 0.3) is 0 Å². The summed E-state index contributed by atoms with van der Waals surface area (Å²) in [6.45, 7) is 2.56. The Morgan fingerprint density at radius 1 is 1.56 bits per heavy atom. The number of thioether (sulfide) groups is 1. The fourth-order valence-corrected chi connectivity index (χ4v) is 1.47. The second-order valence-electron chi connectivity index (χ2n) is 3.46. The van der Waals surface area contributed by atoms with Crippen LogP contribution >= 0.6 is 11.8 Å². The van der Waals surface area contributed by atoms with Crippen molar-refractivity contribution >= 4 is 23.7 Å². The Bertz CT molecular complexity index is 285. The highest BCUT2D eigenvalue weighted by atomic mass is 32.2. The van der Waals surface area contributed by atoms with Gasteiger partial charge in [-0.25, -0.2) is 4.79 Å². The van der Waals surface area contributed by atoms with Crippen LogP contribution in [0.1, 0.15) is 6.42 Å². The first-order valence-corrected chi connectivity index (χ1v) is 6.79. The molecule has 0 spiro atoms. The van der Waals surface area contributed by atoms with Gasteiger partial charge in [0, 0.05) is 6.08 Å². The van der Waals surface area contributed by atoms with Crippen LogP contribution in [0.25, 0.3) is 0 Å². The average Bonchev–Trinajstić information content (AvgIpc) is 2.39. The molecule has 0 bridgehead atoms. The summed E-state index contributed by atoms with van der Waals surface area (Å²) in [6, 6.07) is -0.702. The molecular weight excluding hydrogens is 258 g/mol. The van der Waals surface area contributed by atoms with Gasteiger partial charge >= 0.3 is 11.9 Å². The average molecular weight is 277 g/mol. The molecule has 0 saturated heterocycles. The molecule has 0 aliphatic rings. The third-order valence-electron chi connectivity index (χ3n) is 2.00. The molecule has 0 aromatic carbocycles. The number of carbonyl (C=O) groups is 2. The van der Waals surface area contributed by atoms with Crippen molar-refractivity contribution in [1.29, 1.82) is 0 Å². The molecule has 0 radical (unpaired) electrons. The number of aliphatic hydroxyl groups is 1. The summed E-state index contributed by atoms with van der Waals surface area (Å²) in [7, 11) is 0. The van der Waals surface area contributed by atoms with Gasteiger partial charge in [0.1, 0.15) is 12.6 Å². The molecule has 104 valence electrons. The summed E-state index contributed by atoms with van der Waals surface area (Å²) in [6.07, 6.45) is 2.49. The smallest absolute Gasteiger partial charge is 0.330 e. The van der Waals surface area contributed by atoms with Gasteiger partial charge in [-0.3, -0.25) is 4.79 Å². The normalized spacial score (nSPS) is 13.5. The van der Waals surface area contributed by atoms with E-state index in [1.165, 1.54) is 0 Å². The molecule has 0 aliphatic heterocycles. The topological polar surface area (TPSA) is 98.9 Å². The predicted molar refractivity (Wildman–Crippen MR) is 69.1 cm³/mol. The van der Waals surface area contributed by atoms with Crippen molar-refractivity contribution in [3.05, 3.63) is 12.7 Å². The number of nitrogens with two attached hydrogens (primary N) is 1. The zero-order chi connectivity index (χ0) is 14.0. The summed E-state index contributed by atoms with van der Waals surface area (Å²) in [5.41, 5.74) is 5.58. The van der Waals surface area contributed by atoms with Crippen LogP contribution in [0.15, 0.2) is 12.7 Å². The van der Waals surface area contributed by atoms with E-state index in [0.717, 1.165) is 11.8 Å². The largest absolute Gasteiger partial charge is 0.460 e. The van der Waals surface area contributed by atoms with Crippen LogP contribution in [-0.2, 0) is 19.1 Å². The summed E-state index contributed by atoms with van der Waals surface area (Å²) in [5, 5.41) is 8.93. The molecule has 0 saturated carbocycles. The van der Waals surface area contributed by atoms with E-state index in [0.29, 0.717) is 6.42 Å². The minimum Gasteiger partial charge on any atom is -0.460 e. The van der Waals surface area contributed by atoms with Crippen LogP contribution in [0.3, 0.4) is 0 Å². The van der Waals surface area contributed by atoms with Crippen molar-refractivity contribution in [2.45, 2.75) is 18.6 Å². The molecule has 0 amide bonds. The van der Waals surface area contributed by atoms with Crippen LogP contribution in [0.4, 0.5) is 0 Å². The van der Waals surface area contributed by atoms with Gasteiger partial charge in [0.15, 0.2) is 6.10 Å².